The van der Waals surface area contributed by atoms with Gasteiger partial charge in [-0.25, -0.2) is 4.85 Å². The van der Waals surface area contributed by atoms with Crippen molar-refractivity contribution in [1.29, 1.82) is 0 Å². The molecule has 1 spiro atoms. The molecule has 0 N–H and O–H groups in total. The molecule has 9 aromatic carbocycles. The van der Waals surface area contributed by atoms with Crippen molar-refractivity contribution in [2.75, 3.05) is 4.90 Å². The third-order valence-electron chi connectivity index (χ3n) is 12.5. The quantitative estimate of drug-likeness (QED) is 0.163. The minimum Gasteiger partial charge on any atom is -0.455 e. The molecule has 3 nitrogen and oxygen atoms in total. The van der Waals surface area contributed by atoms with Crippen LogP contribution in [0, 0.1) is 6.57 Å². The van der Waals surface area contributed by atoms with Gasteiger partial charge in [-0.1, -0.05) is 170 Å². The number of rotatable bonds is 5. The summed E-state index contributed by atoms with van der Waals surface area (Å²) in [7, 11) is 0. The Balaban J connectivity index is 1.09. The van der Waals surface area contributed by atoms with Crippen molar-refractivity contribution >= 4 is 44.7 Å². The smallest absolute Gasteiger partial charge is 0.187 e. The Morgan fingerprint density at radius 2 is 0.966 bits per heavy atom. The van der Waals surface area contributed by atoms with Gasteiger partial charge >= 0.3 is 0 Å². The number of nitrogens with zero attached hydrogens (tertiary/aromatic N) is 2. The number of hydrogen-bond donors (Lipinski definition) is 0. The highest BCUT2D eigenvalue weighted by Crippen LogP contribution is 2.64. The van der Waals surface area contributed by atoms with E-state index in [-0.39, 0.29) is 0 Å². The topological polar surface area (TPSA) is 20.7 Å². The van der Waals surface area contributed by atoms with Crippen molar-refractivity contribution in [2.24, 2.45) is 0 Å². The Kier molecular flexibility index (Phi) is 7.21. The lowest BCUT2D eigenvalue weighted by molar-refractivity contribution is 0.670. The van der Waals surface area contributed by atoms with Gasteiger partial charge in [0, 0.05) is 33.3 Å². The van der Waals surface area contributed by atoms with Gasteiger partial charge in [-0.2, -0.15) is 0 Å². The molecule has 59 heavy (non-hydrogen) atoms. The first-order valence-electron chi connectivity index (χ1n) is 20.0. The van der Waals surface area contributed by atoms with Gasteiger partial charge in [0.25, 0.3) is 0 Å². The van der Waals surface area contributed by atoms with Gasteiger partial charge in [0.2, 0.25) is 0 Å². The Morgan fingerprint density at radius 1 is 0.407 bits per heavy atom. The second-order valence-electron chi connectivity index (χ2n) is 15.5. The van der Waals surface area contributed by atoms with Crippen LogP contribution in [0.3, 0.4) is 0 Å². The third kappa shape index (κ3) is 4.75. The second-order valence-corrected chi connectivity index (χ2v) is 15.5. The van der Waals surface area contributed by atoms with Gasteiger partial charge in [0.05, 0.1) is 17.7 Å². The van der Waals surface area contributed by atoms with Crippen LogP contribution in [0.15, 0.2) is 211 Å². The summed E-state index contributed by atoms with van der Waals surface area (Å²) >= 11 is 0. The van der Waals surface area contributed by atoms with Gasteiger partial charge in [0.15, 0.2) is 5.69 Å². The fourth-order valence-electron chi connectivity index (χ4n) is 10.0. The summed E-state index contributed by atoms with van der Waals surface area (Å²) in [6, 6.07) is 73.8. The predicted molar refractivity (Wildman–Crippen MR) is 242 cm³/mol. The van der Waals surface area contributed by atoms with E-state index in [1.54, 1.807) is 0 Å². The van der Waals surface area contributed by atoms with Crippen LogP contribution in [0.2, 0.25) is 0 Å². The first-order chi connectivity index (χ1) is 29.2. The fourth-order valence-corrected chi connectivity index (χ4v) is 10.0. The number of anilines is 3. The average Bonchev–Trinajstić information content (AvgIpc) is 3.94. The minimum absolute atomic E-state index is 0.589. The van der Waals surface area contributed by atoms with Crippen LogP contribution in [0.4, 0.5) is 22.7 Å². The lowest BCUT2D eigenvalue weighted by Gasteiger charge is -2.33. The van der Waals surface area contributed by atoms with E-state index in [1.165, 1.54) is 38.9 Å². The molecule has 0 saturated heterocycles. The fraction of sp³-hybridized carbons (Fsp3) is 0.0179. The second kappa shape index (κ2) is 12.8. The standard InChI is InChI=1S/C56H34N2O/c1-57-38-28-32-45-43-17-5-9-22-49(43)56(51(45)34-38)50-23-10-6-18-44(50)46-33-31-40(35-52(46)56)58(53-24-11-7-16-41(53)36-14-3-2-4-15-36)39-29-26-37(27-30-39)42-20-13-21-48-47-19-8-12-25-54(47)59-55(42)48/h2-35H. The molecule has 12 rings (SSSR count). The number of hydrogen-bond acceptors (Lipinski definition) is 2. The SMILES string of the molecule is [C-]#[N+]c1ccc2c(c1)C1(c3ccccc3-2)c2ccccc2-c2ccc(N(c3ccc(-c4cccc5c4oc4ccccc45)cc3)c3ccccc3-c3ccccc3)cc21. The molecule has 10 aromatic rings. The Labute approximate surface area is 342 Å². The van der Waals surface area contributed by atoms with E-state index in [2.05, 4.69) is 198 Å². The summed E-state index contributed by atoms with van der Waals surface area (Å²) in [6.45, 7) is 8.04. The molecule has 1 aromatic heterocycles. The molecule has 1 unspecified atom stereocenters. The van der Waals surface area contributed by atoms with E-state index in [1.807, 2.05) is 18.2 Å². The first-order valence-corrected chi connectivity index (χ1v) is 20.0. The maximum Gasteiger partial charge on any atom is 0.187 e. The van der Waals surface area contributed by atoms with Crippen molar-refractivity contribution in [2.45, 2.75) is 5.41 Å². The molecule has 3 heteroatoms. The maximum atomic E-state index is 8.04. The molecule has 0 fully saturated rings. The van der Waals surface area contributed by atoms with Crippen LogP contribution in [0.5, 0.6) is 0 Å². The molecule has 0 amide bonds. The summed E-state index contributed by atoms with van der Waals surface area (Å²) in [5, 5.41) is 2.24. The molecule has 0 bridgehead atoms. The van der Waals surface area contributed by atoms with E-state index < -0.39 is 5.41 Å². The Bertz CT molecular complexity index is 3340. The summed E-state index contributed by atoms with van der Waals surface area (Å²) in [6.07, 6.45) is 0. The van der Waals surface area contributed by atoms with Gasteiger partial charge in [-0.3, -0.25) is 0 Å². The van der Waals surface area contributed by atoms with Crippen molar-refractivity contribution in [3.8, 4) is 44.5 Å². The van der Waals surface area contributed by atoms with Crippen molar-refractivity contribution < 1.29 is 4.42 Å². The summed E-state index contributed by atoms with van der Waals surface area (Å²) in [5.74, 6) is 0. The van der Waals surface area contributed by atoms with Gasteiger partial charge < -0.3 is 9.32 Å². The van der Waals surface area contributed by atoms with Gasteiger partial charge in [0.1, 0.15) is 11.2 Å². The third-order valence-corrected chi connectivity index (χ3v) is 12.5. The van der Waals surface area contributed by atoms with E-state index in [9.17, 15) is 0 Å². The van der Waals surface area contributed by atoms with Crippen LogP contribution >= 0.6 is 0 Å². The average molecular weight is 751 g/mol. The zero-order valence-corrected chi connectivity index (χ0v) is 31.9. The zero-order chi connectivity index (χ0) is 39.1. The zero-order valence-electron chi connectivity index (χ0n) is 31.9. The molecule has 0 radical (unpaired) electrons. The molecule has 1 atom stereocenters. The minimum atomic E-state index is -0.589. The number of furan rings is 1. The number of fused-ring (bicyclic) bond motifs is 13. The van der Waals surface area contributed by atoms with E-state index in [0.717, 1.165) is 66.8 Å². The highest BCUT2D eigenvalue weighted by atomic mass is 16.3. The first kappa shape index (κ1) is 33.2. The van der Waals surface area contributed by atoms with E-state index in [0.29, 0.717) is 5.69 Å². The molecular formula is C56H34N2O. The predicted octanol–water partition coefficient (Wildman–Crippen LogP) is 15.3. The highest BCUT2D eigenvalue weighted by molar-refractivity contribution is 6.09. The molecule has 0 aliphatic heterocycles. The maximum absolute atomic E-state index is 8.04. The van der Waals surface area contributed by atoms with E-state index in [4.69, 9.17) is 11.0 Å². The lowest BCUT2D eigenvalue weighted by atomic mass is 9.70. The van der Waals surface area contributed by atoms with Crippen LogP contribution in [0.25, 0.3) is 71.3 Å². The largest absolute Gasteiger partial charge is 0.455 e. The van der Waals surface area contributed by atoms with Gasteiger partial charge in [-0.05, 0) is 92.0 Å². The van der Waals surface area contributed by atoms with Crippen molar-refractivity contribution in [3.05, 3.63) is 240 Å². The molecule has 2 aliphatic carbocycles. The summed E-state index contributed by atoms with van der Waals surface area (Å²) < 4.78 is 6.47. The van der Waals surface area contributed by atoms with Crippen LogP contribution < -0.4 is 4.90 Å². The molecular weight excluding hydrogens is 717 g/mol. The number of para-hydroxylation sites is 3. The van der Waals surface area contributed by atoms with Crippen molar-refractivity contribution in [3.63, 3.8) is 0 Å². The van der Waals surface area contributed by atoms with Gasteiger partial charge in [-0.15, -0.1) is 0 Å². The highest BCUT2D eigenvalue weighted by Gasteiger charge is 2.51. The monoisotopic (exact) mass is 750 g/mol. The normalized spacial score (nSPS) is 14.5. The summed E-state index contributed by atoms with van der Waals surface area (Å²) in [4.78, 5) is 6.34. The van der Waals surface area contributed by atoms with E-state index >= 15 is 0 Å². The Hall–Kier alpha value is -7.93. The molecule has 0 saturated carbocycles. The number of benzene rings is 9. The van der Waals surface area contributed by atoms with Crippen LogP contribution in [0.1, 0.15) is 22.3 Å². The molecule has 274 valence electrons. The van der Waals surface area contributed by atoms with Crippen LogP contribution in [-0.2, 0) is 5.41 Å². The lowest BCUT2D eigenvalue weighted by Crippen LogP contribution is -2.26. The molecule has 2 aliphatic rings. The van der Waals surface area contributed by atoms with Crippen molar-refractivity contribution in [1.82, 2.24) is 0 Å². The molecule has 1 heterocycles. The Morgan fingerprint density at radius 3 is 1.73 bits per heavy atom. The van der Waals surface area contributed by atoms with Crippen LogP contribution in [-0.4, -0.2) is 0 Å². The summed E-state index contributed by atoms with van der Waals surface area (Å²) in [5.41, 5.74) is 19.2.